The van der Waals surface area contributed by atoms with E-state index in [1.807, 2.05) is 20.8 Å². The van der Waals surface area contributed by atoms with Crippen LogP contribution >= 0.6 is 0 Å². The molecule has 0 bridgehead atoms. The number of rotatable bonds is 3. The Morgan fingerprint density at radius 1 is 1.30 bits per heavy atom. The van der Waals surface area contributed by atoms with E-state index in [2.05, 4.69) is 0 Å². The zero-order chi connectivity index (χ0) is 14.9. The zero-order valence-electron chi connectivity index (χ0n) is 12.0. The van der Waals surface area contributed by atoms with Crippen LogP contribution in [0.25, 0.3) is 0 Å². The summed E-state index contributed by atoms with van der Waals surface area (Å²) in [6.45, 7) is 6.13. The van der Waals surface area contributed by atoms with Crippen molar-refractivity contribution in [3.63, 3.8) is 0 Å². The lowest BCUT2D eigenvalue weighted by Crippen LogP contribution is -2.48. The molecule has 0 radical (unpaired) electrons. The number of sulfonamides is 1. The van der Waals surface area contributed by atoms with Crippen molar-refractivity contribution in [3.05, 3.63) is 29.3 Å². The average molecular weight is 299 g/mol. The van der Waals surface area contributed by atoms with Gasteiger partial charge < -0.3 is 9.84 Å². The van der Waals surface area contributed by atoms with Crippen molar-refractivity contribution < 1.29 is 18.3 Å². The van der Waals surface area contributed by atoms with Gasteiger partial charge in [-0.05, 0) is 44.0 Å². The molecule has 1 aromatic rings. The van der Waals surface area contributed by atoms with Gasteiger partial charge in [0, 0.05) is 13.1 Å². The quantitative estimate of drug-likeness (QED) is 0.913. The highest BCUT2D eigenvalue weighted by Crippen LogP contribution is 2.23. The summed E-state index contributed by atoms with van der Waals surface area (Å²) in [7, 11) is -3.53. The minimum atomic E-state index is -3.53. The average Bonchev–Trinajstić information content (AvgIpc) is 2.37. The summed E-state index contributed by atoms with van der Waals surface area (Å²) in [4.78, 5) is 0.230. The van der Waals surface area contributed by atoms with Crippen molar-refractivity contribution in [2.24, 2.45) is 0 Å². The number of hydrogen-bond acceptors (Lipinski definition) is 4. The molecule has 0 amide bonds. The highest BCUT2D eigenvalue weighted by molar-refractivity contribution is 7.89. The first-order chi connectivity index (χ1) is 9.34. The van der Waals surface area contributed by atoms with Crippen LogP contribution in [0, 0.1) is 6.92 Å². The molecule has 0 aromatic heterocycles. The van der Waals surface area contributed by atoms with E-state index in [0.717, 1.165) is 5.56 Å². The van der Waals surface area contributed by atoms with Gasteiger partial charge in [0.1, 0.15) is 0 Å². The molecule has 20 heavy (non-hydrogen) atoms. The van der Waals surface area contributed by atoms with Gasteiger partial charge in [0.2, 0.25) is 10.0 Å². The highest BCUT2D eigenvalue weighted by atomic mass is 32.2. The van der Waals surface area contributed by atoms with Gasteiger partial charge in [-0.1, -0.05) is 6.07 Å². The summed E-state index contributed by atoms with van der Waals surface area (Å²) in [5, 5.41) is 9.27. The topological polar surface area (TPSA) is 66.8 Å². The Morgan fingerprint density at radius 2 is 1.90 bits per heavy atom. The fourth-order valence-corrected chi connectivity index (χ4v) is 4.10. The van der Waals surface area contributed by atoms with Crippen LogP contribution in [-0.4, -0.2) is 43.1 Å². The molecule has 1 heterocycles. The van der Waals surface area contributed by atoms with E-state index in [1.165, 1.54) is 4.31 Å². The second-order valence-electron chi connectivity index (χ2n) is 5.33. The van der Waals surface area contributed by atoms with E-state index in [-0.39, 0.29) is 23.7 Å². The first kappa shape index (κ1) is 15.4. The molecule has 0 unspecified atom stereocenters. The number of aryl methyl sites for hydroxylation is 1. The summed E-state index contributed by atoms with van der Waals surface area (Å²) >= 11 is 0. The molecule has 6 heteroatoms. The minimum absolute atomic E-state index is 0.115. The number of aliphatic hydroxyl groups excluding tert-OH is 1. The normalized spacial score (nSPS) is 24.8. The summed E-state index contributed by atoms with van der Waals surface area (Å²) in [6, 6.07) is 4.87. The van der Waals surface area contributed by atoms with Crippen LogP contribution in [0.4, 0.5) is 0 Å². The van der Waals surface area contributed by atoms with Gasteiger partial charge in [0.25, 0.3) is 0 Å². The van der Waals surface area contributed by atoms with Crippen LogP contribution in [0.15, 0.2) is 23.1 Å². The number of ether oxygens (including phenoxy) is 1. The Hall–Kier alpha value is -0.950. The van der Waals surface area contributed by atoms with Crippen molar-refractivity contribution in [3.8, 4) is 0 Å². The monoisotopic (exact) mass is 299 g/mol. The number of benzene rings is 1. The predicted molar refractivity (Wildman–Crippen MR) is 75.9 cm³/mol. The van der Waals surface area contributed by atoms with Crippen LogP contribution in [-0.2, 0) is 21.4 Å². The van der Waals surface area contributed by atoms with E-state index in [1.54, 1.807) is 18.2 Å². The molecule has 1 saturated heterocycles. The molecule has 112 valence electrons. The van der Waals surface area contributed by atoms with Gasteiger partial charge in [0.05, 0.1) is 23.7 Å². The second-order valence-corrected chi connectivity index (χ2v) is 7.26. The van der Waals surface area contributed by atoms with Crippen LogP contribution in [0.3, 0.4) is 0 Å². The number of aliphatic hydroxyl groups is 1. The summed E-state index contributed by atoms with van der Waals surface area (Å²) in [5.41, 5.74) is 1.52. The Balaban J connectivity index is 2.34. The van der Waals surface area contributed by atoms with E-state index in [0.29, 0.717) is 18.7 Å². The van der Waals surface area contributed by atoms with E-state index < -0.39 is 10.0 Å². The Morgan fingerprint density at radius 3 is 2.45 bits per heavy atom. The largest absolute Gasteiger partial charge is 0.392 e. The molecule has 2 atom stereocenters. The van der Waals surface area contributed by atoms with Crippen molar-refractivity contribution >= 4 is 10.0 Å². The van der Waals surface area contributed by atoms with Gasteiger partial charge in [-0.15, -0.1) is 0 Å². The third-order valence-electron chi connectivity index (χ3n) is 3.51. The van der Waals surface area contributed by atoms with Crippen LogP contribution < -0.4 is 0 Å². The molecule has 5 nitrogen and oxygen atoms in total. The molecular formula is C14H21NO4S. The molecule has 2 rings (SSSR count). The van der Waals surface area contributed by atoms with Crippen molar-refractivity contribution in [2.45, 2.75) is 44.5 Å². The molecule has 0 saturated carbocycles. The number of morpholine rings is 1. The number of nitrogens with zero attached hydrogens (tertiary/aromatic N) is 1. The third-order valence-corrected chi connectivity index (χ3v) is 5.34. The fraction of sp³-hybridized carbons (Fsp3) is 0.571. The van der Waals surface area contributed by atoms with Crippen LogP contribution in [0.2, 0.25) is 0 Å². The van der Waals surface area contributed by atoms with Crippen molar-refractivity contribution in [1.29, 1.82) is 0 Å². The minimum Gasteiger partial charge on any atom is -0.392 e. The first-order valence-electron chi connectivity index (χ1n) is 6.70. The third kappa shape index (κ3) is 3.03. The van der Waals surface area contributed by atoms with Gasteiger partial charge in [-0.3, -0.25) is 0 Å². The highest BCUT2D eigenvalue weighted by Gasteiger charge is 2.32. The first-order valence-corrected chi connectivity index (χ1v) is 8.14. The Labute approximate surface area is 120 Å². The van der Waals surface area contributed by atoms with Crippen molar-refractivity contribution in [2.75, 3.05) is 13.1 Å². The molecule has 1 aromatic carbocycles. The molecule has 1 aliphatic rings. The van der Waals surface area contributed by atoms with E-state index in [4.69, 9.17) is 4.74 Å². The van der Waals surface area contributed by atoms with Crippen LogP contribution in [0.1, 0.15) is 25.0 Å². The van der Waals surface area contributed by atoms with Crippen molar-refractivity contribution in [1.82, 2.24) is 4.31 Å². The maximum Gasteiger partial charge on any atom is 0.243 e. The molecule has 1 N–H and O–H groups in total. The molecule has 0 spiro atoms. The molecule has 1 fully saturated rings. The van der Waals surface area contributed by atoms with Gasteiger partial charge >= 0.3 is 0 Å². The Kier molecular flexibility index (Phi) is 4.49. The van der Waals surface area contributed by atoms with E-state index >= 15 is 0 Å². The zero-order valence-corrected chi connectivity index (χ0v) is 12.9. The van der Waals surface area contributed by atoms with Crippen LogP contribution in [0.5, 0.6) is 0 Å². The summed E-state index contributed by atoms with van der Waals surface area (Å²) < 4.78 is 32.3. The second kappa shape index (κ2) is 5.81. The summed E-state index contributed by atoms with van der Waals surface area (Å²) in [5.74, 6) is 0. The lowest BCUT2D eigenvalue weighted by molar-refractivity contribution is -0.0440. The molecule has 0 aliphatic carbocycles. The fourth-order valence-electron chi connectivity index (χ4n) is 2.45. The van der Waals surface area contributed by atoms with Gasteiger partial charge in [-0.25, -0.2) is 8.42 Å². The predicted octanol–water partition coefficient (Wildman–Crippen LogP) is 1.29. The smallest absolute Gasteiger partial charge is 0.243 e. The lowest BCUT2D eigenvalue weighted by atomic mass is 10.1. The Bertz CT molecular complexity index is 575. The van der Waals surface area contributed by atoms with Gasteiger partial charge in [0.15, 0.2) is 0 Å². The maximum atomic E-state index is 12.6. The lowest BCUT2D eigenvalue weighted by Gasteiger charge is -2.34. The maximum absolute atomic E-state index is 12.6. The SMILES string of the molecule is Cc1ccc(S(=O)(=O)N2C[C@@H](C)O[C@@H](C)C2)cc1CO. The molecular weight excluding hydrogens is 278 g/mol. The van der Waals surface area contributed by atoms with Gasteiger partial charge in [-0.2, -0.15) is 4.31 Å². The van der Waals surface area contributed by atoms with E-state index in [9.17, 15) is 13.5 Å². The summed E-state index contributed by atoms with van der Waals surface area (Å²) in [6.07, 6.45) is -0.229. The standard InChI is InChI=1S/C14H21NO4S/c1-10-4-5-14(6-13(10)9-16)20(17,18)15-7-11(2)19-12(3)8-15/h4-6,11-12,16H,7-9H2,1-3H3/t11-,12+. The number of hydrogen-bond donors (Lipinski definition) is 1. The molecule has 1 aliphatic heterocycles.